The molecule has 2 saturated heterocycles. The number of aromatic amines is 1. The van der Waals surface area contributed by atoms with E-state index in [1.807, 2.05) is 37.3 Å². The molecule has 2 amide bonds. The maximum Gasteiger partial charge on any atom is 0.415 e. The molecular formula is C24H26ClN5O3. The number of hydrogen-bond acceptors (Lipinski definition) is 5. The molecule has 5 rings (SSSR count). The first-order chi connectivity index (χ1) is 15.9. The number of aryl methyl sites for hydroxylation is 1. The van der Waals surface area contributed by atoms with Crippen LogP contribution < -0.4 is 10.2 Å². The van der Waals surface area contributed by atoms with Crippen LogP contribution in [-0.4, -0.2) is 58.6 Å². The molecule has 1 spiro atoms. The fourth-order valence-corrected chi connectivity index (χ4v) is 4.83. The second-order valence-electron chi connectivity index (χ2n) is 8.85. The number of benzene rings is 2. The number of H-pyrrole nitrogens is 1. The van der Waals surface area contributed by atoms with Gasteiger partial charge in [0.1, 0.15) is 11.4 Å². The number of fused-ring (bicyclic) bond motifs is 1. The highest BCUT2D eigenvalue weighted by Crippen LogP contribution is 2.36. The average Bonchev–Trinajstić information content (AvgIpc) is 3.23. The predicted molar refractivity (Wildman–Crippen MR) is 128 cm³/mol. The van der Waals surface area contributed by atoms with Crippen molar-refractivity contribution < 1.29 is 14.3 Å². The van der Waals surface area contributed by atoms with Gasteiger partial charge in [0.25, 0.3) is 0 Å². The third kappa shape index (κ3) is 4.67. The van der Waals surface area contributed by atoms with Crippen LogP contribution in [0.5, 0.6) is 0 Å². The molecule has 2 aromatic carbocycles. The first kappa shape index (κ1) is 21.7. The number of rotatable bonds is 4. The van der Waals surface area contributed by atoms with Crippen molar-refractivity contribution in [2.45, 2.75) is 31.8 Å². The molecule has 172 valence electrons. The van der Waals surface area contributed by atoms with Crippen LogP contribution >= 0.6 is 11.6 Å². The van der Waals surface area contributed by atoms with E-state index < -0.39 is 5.60 Å². The molecule has 1 atom stereocenters. The number of halogens is 1. The van der Waals surface area contributed by atoms with E-state index in [9.17, 15) is 9.59 Å². The monoisotopic (exact) mass is 467 g/mol. The minimum atomic E-state index is -0.522. The predicted octanol–water partition coefficient (Wildman–Crippen LogP) is 4.34. The zero-order valence-electron chi connectivity index (χ0n) is 18.4. The van der Waals surface area contributed by atoms with Crippen LogP contribution in [0, 0.1) is 6.92 Å². The topological polar surface area (TPSA) is 90.6 Å². The van der Waals surface area contributed by atoms with Crippen LogP contribution in [0.25, 0.3) is 11.0 Å². The number of aromatic nitrogens is 2. The smallest absolute Gasteiger partial charge is 0.415 e. The van der Waals surface area contributed by atoms with E-state index >= 15 is 0 Å². The van der Waals surface area contributed by atoms with Crippen molar-refractivity contribution in [3.8, 4) is 0 Å². The van der Waals surface area contributed by atoms with Gasteiger partial charge in [-0.05, 0) is 68.8 Å². The number of carbonyl (C=O) groups is 2. The molecule has 0 saturated carbocycles. The van der Waals surface area contributed by atoms with E-state index in [2.05, 4.69) is 20.2 Å². The van der Waals surface area contributed by atoms with Gasteiger partial charge in [0, 0.05) is 29.4 Å². The van der Waals surface area contributed by atoms with Gasteiger partial charge in [-0.25, -0.2) is 9.78 Å². The summed E-state index contributed by atoms with van der Waals surface area (Å²) in [6, 6.07) is 12.9. The number of amides is 2. The number of nitrogens with one attached hydrogen (secondary N) is 2. The van der Waals surface area contributed by atoms with Crippen molar-refractivity contribution in [1.82, 2.24) is 14.9 Å². The Bertz CT molecular complexity index is 1190. The van der Waals surface area contributed by atoms with Crippen molar-refractivity contribution in [3.05, 3.63) is 53.3 Å². The molecule has 3 heterocycles. The van der Waals surface area contributed by atoms with Gasteiger partial charge in [-0.15, -0.1) is 0 Å². The highest BCUT2D eigenvalue weighted by molar-refractivity contribution is 6.30. The molecule has 1 aromatic heterocycles. The molecule has 0 radical (unpaired) electrons. The Morgan fingerprint density at radius 1 is 1.21 bits per heavy atom. The van der Waals surface area contributed by atoms with Crippen LogP contribution in [0.1, 0.15) is 25.1 Å². The molecule has 3 aromatic rings. The Labute approximate surface area is 196 Å². The Hall–Kier alpha value is -3.10. The van der Waals surface area contributed by atoms with E-state index in [4.69, 9.17) is 16.3 Å². The van der Waals surface area contributed by atoms with Crippen LogP contribution in [-0.2, 0) is 9.53 Å². The Morgan fingerprint density at radius 2 is 2.03 bits per heavy atom. The minimum absolute atomic E-state index is 0.0623. The normalized spacial score (nSPS) is 21.4. The lowest BCUT2D eigenvalue weighted by Crippen LogP contribution is -2.37. The first-order valence-corrected chi connectivity index (χ1v) is 11.5. The zero-order chi connectivity index (χ0) is 23.0. The number of likely N-dealkylation sites (tertiary alicyclic amines) is 1. The van der Waals surface area contributed by atoms with Crippen molar-refractivity contribution >= 4 is 46.0 Å². The number of nitrogens with zero attached hydrogens (tertiary/aromatic N) is 3. The third-order valence-corrected chi connectivity index (χ3v) is 6.60. The number of ether oxygens (including phenoxy) is 1. The van der Waals surface area contributed by atoms with Gasteiger partial charge in [-0.3, -0.25) is 14.6 Å². The van der Waals surface area contributed by atoms with E-state index in [0.29, 0.717) is 31.1 Å². The summed E-state index contributed by atoms with van der Waals surface area (Å²) in [4.78, 5) is 36.6. The van der Waals surface area contributed by atoms with Gasteiger partial charge in [-0.1, -0.05) is 11.6 Å². The highest BCUT2D eigenvalue weighted by atomic mass is 35.5. The minimum Gasteiger partial charge on any atom is -0.441 e. The highest BCUT2D eigenvalue weighted by Gasteiger charge is 2.46. The lowest BCUT2D eigenvalue weighted by Gasteiger charge is -2.25. The maximum absolute atomic E-state index is 12.7. The summed E-state index contributed by atoms with van der Waals surface area (Å²) < 4.78 is 5.88. The lowest BCUT2D eigenvalue weighted by atomic mass is 9.95. The molecule has 2 fully saturated rings. The van der Waals surface area contributed by atoms with E-state index in [1.165, 1.54) is 0 Å². The molecule has 9 heteroatoms. The van der Waals surface area contributed by atoms with Crippen molar-refractivity contribution in [1.29, 1.82) is 0 Å². The summed E-state index contributed by atoms with van der Waals surface area (Å²) in [7, 11) is 0. The molecule has 2 aliphatic rings. The van der Waals surface area contributed by atoms with E-state index in [0.717, 1.165) is 47.6 Å². The molecule has 0 bridgehead atoms. The Morgan fingerprint density at radius 3 is 2.85 bits per heavy atom. The maximum atomic E-state index is 12.7. The summed E-state index contributed by atoms with van der Waals surface area (Å²) in [6.07, 6.45) is 1.99. The van der Waals surface area contributed by atoms with E-state index in [-0.39, 0.29) is 12.0 Å². The summed E-state index contributed by atoms with van der Waals surface area (Å²) in [6.45, 7) is 4.18. The van der Waals surface area contributed by atoms with Crippen molar-refractivity contribution in [3.63, 3.8) is 0 Å². The molecule has 0 aliphatic carbocycles. The van der Waals surface area contributed by atoms with Gasteiger partial charge in [-0.2, -0.15) is 0 Å². The standard InChI is InChI=1S/C24H26ClN5O3/c1-16-26-20-8-5-18(13-21(20)27-16)28-22(31)14-29-11-2-9-24(10-12-29)15-30(23(32)33-24)19-6-3-17(25)4-7-19/h3-8,13H,2,9-12,14-15H2,1H3,(H,26,27)(H,28,31)/t24-/m1/s1. The summed E-state index contributed by atoms with van der Waals surface area (Å²) in [5, 5.41) is 3.61. The fourth-order valence-electron chi connectivity index (χ4n) is 4.70. The van der Waals surface area contributed by atoms with Gasteiger partial charge in [0.2, 0.25) is 5.91 Å². The molecule has 33 heavy (non-hydrogen) atoms. The van der Waals surface area contributed by atoms with Crippen LogP contribution in [0.15, 0.2) is 42.5 Å². The Balaban J connectivity index is 1.19. The lowest BCUT2D eigenvalue weighted by molar-refractivity contribution is -0.117. The SMILES string of the molecule is Cc1nc2ccc(NC(=O)CN3CCC[C@@]4(CC3)CN(c3ccc(Cl)cc3)C(=O)O4)cc2[nH]1. The second-order valence-corrected chi connectivity index (χ2v) is 9.28. The zero-order valence-corrected chi connectivity index (χ0v) is 19.2. The summed E-state index contributed by atoms with van der Waals surface area (Å²) >= 11 is 5.98. The van der Waals surface area contributed by atoms with Gasteiger partial charge >= 0.3 is 6.09 Å². The number of imidazole rings is 1. The molecule has 8 nitrogen and oxygen atoms in total. The largest absolute Gasteiger partial charge is 0.441 e. The van der Waals surface area contributed by atoms with Gasteiger partial charge in [0.15, 0.2) is 0 Å². The average molecular weight is 468 g/mol. The van der Waals surface area contributed by atoms with Gasteiger partial charge < -0.3 is 15.0 Å². The number of anilines is 2. The summed E-state index contributed by atoms with van der Waals surface area (Å²) in [5.74, 6) is 0.780. The van der Waals surface area contributed by atoms with Crippen molar-refractivity contribution in [2.24, 2.45) is 0 Å². The molecule has 2 N–H and O–H groups in total. The summed E-state index contributed by atoms with van der Waals surface area (Å²) in [5.41, 5.74) is 2.78. The Kier molecular flexibility index (Phi) is 5.72. The second kappa shape index (κ2) is 8.68. The van der Waals surface area contributed by atoms with Crippen LogP contribution in [0.2, 0.25) is 5.02 Å². The van der Waals surface area contributed by atoms with Crippen molar-refractivity contribution in [2.75, 3.05) is 36.4 Å². The third-order valence-electron chi connectivity index (χ3n) is 6.35. The van der Waals surface area contributed by atoms with Gasteiger partial charge in [0.05, 0.1) is 24.1 Å². The molecular weight excluding hydrogens is 442 g/mol. The fraction of sp³-hybridized carbons (Fsp3) is 0.375. The molecule has 0 unspecified atom stereocenters. The first-order valence-electron chi connectivity index (χ1n) is 11.1. The molecule has 2 aliphatic heterocycles. The van der Waals surface area contributed by atoms with E-state index in [1.54, 1.807) is 17.0 Å². The van der Waals surface area contributed by atoms with Crippen LogP contribution in [0.4, 0.5) is 16.2 Å². The van der Waals surface area contributed by atoms with Crippen LogP contribution in [0.3, 0.4) is 0 Å². The number of hydrogen-bond donors (Lipinski definition) is 2. The quantitative estimate of drug-likeness (QED) is 0.595. The number of carbonyl (C=O) groups excluding carboxylic acids is 2.